The normalized spacial score (nSPS) is 14.6. The first-order valence-corrected chi connectivity index (χ1v) is 8.52. The molecule has 1 N–H and O–H groups in total. The van der Waals surface area contributed by atoms with Gasteiger partial charge in [0, 0.05) is 31.7 Å². The Morgan fingerprint density at radius 1 is 1.27 bits per heavy atom. The van der Waals surface area contributed by atoms with E-state index in [-0.39, 0.29) is 5.91 Å². The Hall–Kier alpha value is -3.00. The number of carbonyl (C=O) groups is 1. The fourth-order valence-corrected chi connectivity index (χ4v) is 3.18. The number of pyridine rings is 2. The number of hydrogen-bond acceptors (Lipinski definition) is 6. The lowest BCUT2D eigenvalue weighted by molar-refractivity contribution is 0.102. The molecular formula is C18H20N6O2. The van der Waals surface area contributed by atoms with E-state index in [9.17, 15) is 4.79 Å². The first kappa shape index (κ1) is 16.5. The summed E-state index contributed by atoms with van der Waals surface area (Å²) in [7, 11) is 1.85. The van der Waals surface area contributed by atoms with E-state index in [0.29, 0.717) is 30.3 Å². The lowest BCUT2D eigenvalue weighted by Crippen LogP contribution is -2.38. The Bertz CT molecular complexity index is 961. The quantitative estimate of drug-likeness (QED) is 0.773. The molecule has 8 heteroatoms. The molecule has 1 aliphatic heterocycles. The van der Waals surface area contributed by atoms with E-state index in [1.54, 1.807) is 29.2 Å². The molecule has 4 rings (SSSR count). The van der Waals surface area contributed by atoms with Gasteiger partial charge in [0.2, 0.25) is 0 Å². The van der Waals surface area contributed by atoms with E-state index >= 15 is 0 Å². The first-order chi connectivity index (χ1) is 12.6. The minimum Gasteiger partial charge on any atom is -0.378 e. The molecule has 3 aromatic heterocycles. The highest BCUT2D eigenvalue weighted by atomic mass is 16.5. The maximum Gasteiger partial charge on any atom is 0.259 e. The predicted octanol–water partition coefficient (Wildman–Crippen LogP) is 1.76. The number of morpholine rings is 1. The highest BCUT2D eigenvalue weighted by Gasteiger charge is 2.20. The van der Waals surface area contributed by atoms with Gasteiger partial charge in [-0.2, -0.15) is 5.10 Å². The van der Waals surface area contributed by atoms with Gasteiger partial charge in [0.15, 0.2) is 5.65 Å². The van der Waals surface area contributed by atoms with Crippen LogP contribution in [0, 0.1) is 6.92 Å². The van der Waals surface area contributed by atoms with Crippen LogP contribution in [0.2, 0.25) is 0 Å². The summed E-state index contributed by atoms with van der Waals surface area (Å²) in [6, 6.07) is 5.45. The fraction of sp³-hybridized carbons (Fsp3) is 0.333. The van der Waals surface area contributed by atoms with Crippen LogP contribution >= 0.6 is 0 Å². The van der Waals surface area contributed by atoms with Crippen molar-refractivity contribution in [2.75, 3.05) is 36.5 Å². The molecule has 0 unspecified atom stereocenters. The Morgan fingerprint density at radius 3 is 2.88 bits per heavy atom. The molecular weight excluding hydrogens is 332 g/mol. The summed E-state index contributed by atoms with van der Waals surface area (Å²) in [5.41, 5.74) is 2.84. The standard InChI is InChI=1S/C18H20N6O2/c1-12-15-10-13(11-20-16(15)23(2)22-12)21-18(25)14-4-3-5-19-17(14)24-6-8-26-9-7-24/h3-5,10-11H,6-9H2,1-2H3,(H,21,25). The molecule has 3 aromatic rings. The third-order valence-corrected chi connectivity index (χ3v) is 4.46. The van der Waals surface area contributed by atoms with Crippen molar-refractivity contribution in [1.29, 1.82) is 0 Å². The molecule has 0 saturated carbocycles. The van der Waals surface area contributed by atoms with Crippen LogP contribution in [-0.2, 0) is 11.8 Å². The van der Waals surface area contributed by atoms with Gasteiger partial charge in [0.05, 0.1) is 36.4 Å². The largest absolute Gasteiger partial charge is 0.378 e. The number of rotatable bonds is 3. The number of nitrogens with one attached hydrogen (secondary N) is 1. The molecule has 1 aliphatic rings. The number of anilines is 2. The van der Waals surface area contributed by atoms with Gasteiger partial charge in [-0.1, -0.05) is 0 Å². The third kappa shape index (κ3) is 2.99. The summed E-state index contributed by atoms with van der Waals surface area (Å²) in [4.78, 5) is 23.7. The first-order valence-electron chi connectivity index (χ1n) is 8.52. The Labute approximate surface area is 150 Å². The van der Waals surface area contributed by atoms with Crippen molar-refractivity contribution >= 4 is 28.4 Å². The number of fused-ring (bicyclic) bond motifs is 1. The van der Waals surface area contributed by atoms with Crippen molar-refractivity contribution in [3.63, 3.8) is 0 Å². The van der Waals surface area contributed by atoms with E-state index in [1.807, 2.05) is 20.0 Å². The molecule has 4 heterocycles. The molecule has 1 amide bonds. The van der Waals surface area contributed by atoms with Crippen LogP contribution < -0.4 is 10.2 Å². The highest BCUT2D eigenvalue weighted by molar-refractivity contribution is 6.08. The molecule has 1 saturated heterocycles. The Balaban J connectivity index is 1.61. The van der Waals surface area contributed by atoms with Crippen molar-refractivity contribution in [2.45, 2.75) is 6.92 Å². The second-order valence-electron chi connectivity index (χ2n) is 6.23. The van der Waals surface area contributed by atoms with Gasteiger partial charge in [0.25, 0.3) is 5.91 Å². The maximum absolute atomic E-state index is 12.8. The molecule has 8 nitrogen and oxygen atoms in total. The molecule has 26 heavy (non-hydrogen) atoms. The fourth-order valence-electron chi connectivity index (χ4n) is 3.18. The van der Waals surface area contributed by atoms with E-state index in [4.69, 9.17) is 4.74 Å². The highest BCUT2D eigenvalue weighted by Crippen LogP contribution is 2.22. The van der Waals surface area contributed by atoms with Gasteiger partial charge in [-0.05, 0) is 25.1 Å². The van der Waals surface area contributed by atoms with Crippen LogP contribution in [0.3, 0.4) is 0 Å². The van der Waals surface area contributed by atoms with Crippen molar-refractivity contribution in [3.05, 3.63) is 41.9 Å². The molecule has 0 aromatic carbocycles. The van der Waals surface area contributed by atoms with E-state index in [0.717, 1.165) is 29.8 Å². The zero-order valence-electron chi connectivity index (χ0n) is 14.8. The van der Waals surface area contributed by atoms with Gasteiger partial charge in [-0.25, -0.2) is 9.97 Å². The zero-order valence-corrected chi connectivity index (χ0v) is 14.8. The van der Waals surface area contributed by atoms with Crippen molar-refractivity contribution < 1.29 is 9.53 Å². The van der Waals surface area contributed by atoms with Gasteiger partial charge in [-0.3, -0.25) is 9.48 Å². The van der Waals surface area contributed by atoms with E-state index in [2.05, 4.69) is 25.3 Å². The number of ether oxygens (including phenoxy) is 1. The molecule has 134 valence electrons. The van der Waals surface area contributed by atoms with Gasteiger partial charge in [-0.15, -0.1) is 0 Å². The van der Waals surface area contributed by atoms with Gasteiger partial charge in [0.1, 0.15) is 5.82 Å². The van der Waals surface area contributed by atoms with E-state index < -0.39 is 0 Å². The lowest BCUT2D eigenvalue weighted by Gasteiger charge is -2.29. The van der Waals surface area contributed by atoms with Crippen LogP contribution in [0.15, 0.2) is 30.6 Å². The van der Waals surface area contributed by atoms with Gasteiger partial charge >= 0.3 is 0 Å². The summed E-state index contributed by atoms with van der Waals surface area (Å²) >= 11 is 0. The topological polar surface area (TPSA) is 85.2 Å². The average Bonchev–Trinajstić information content (AvgIpc) is 2.96. The van der Waals surface area contributed by atoms with Crippen LogP contribution in [0.5, 0.6) is 0 Å². The Morgan fingerprint density at radius 2 is 2.08 bits per heavy atom. The van der Waals surface area contributed by atoms with Crippen LogP contribution in [-0.4, -0.2) is 52.0 Å². The molecule has 0 radical (unpaired) electrons. The van der Waals surface area contributed by atoms with Gasteiger partial charge < -0.3 is 15.0 Å². The third-order valence-electron chi connectivity index (χ3n) is 4.46. The number of amides is 1. The number of hydrogen-bond donors (Lipinski definition) is 1. The van der Waals surface area contributed by atoms with Crippen molar-refractivity contribution in [3.8, 4) is 0 Å². The summed E-state index contributed by atoms with van der Waals surface area (Å²) in [5, 5.41) is 8.21. The molecule has 0 bridgehead atoms. The van der Waals surface area contributed by atoms with Crippen molar-refractivity contribution in [1.82, 2.24) is 19.7 Å². The van der Waals surface area contributed by atoms with Crippen molar-refractivity contribution in [2.24, 2.45) is 7.05 Å². The molecule has 0 spiro atoms. The number of nitrogens with zero attached hydrogens (tertiary/aromatic N) is 5. The summed E-state index contributed by atoms with van der Waals surface area (Å²) < 4.78 is 7.12. The van der Waals surface area contributed by atoms with Crippen LogP contribution in [0.25, 0.3) is 11.0 Å². The number of aromatic nitrogens is 4. The second kappa shape index (κ2) is 6.72. The minimum atomic E-state index is -0.206. The average molecular weight is 352 g/mol. The summed E-state index contributed by atoms with van der Waals surface area (Å²) in [6.45, 7) is 4.64. The zero-order chi connectivity index (χ0) is 18.1. The lowest BCUT2D eigenvalue weighted by atomic mass is 10.2. The van der Waals surface area contributed by atoms with Crippen LogP contribution in [0.1, 0.15) is 16.1 Å². The monoisotopic (exact) mass is 352 g/mol. The Kier molecular flexibility index (Phi) is 4.26. The van der Waals surface area contributed by atoms with E-state index in [1.165, 1.54) is 0 Å². The maximum atomic E-state index is 12.8. The summed E-state index contributed by atoms with van der Waals surface area (Å²) in [5.74, 6) is 0.474. The molecule has 0 atom stereocenters. The molecule has 0 aliphatic carbocycles. The second-order valence-corrected chi connectivity index (χ2v) is 6.23. The smallest absolute Gasteiger partial charge is 0.259 e. The number of carbonyl (C=O) groups excluding carboxylic acids is 1. The SMILES string of the molecule is Cc1nn(C)c2ncc(NC(=O)c3cccnc3N3CCOCC3)cc12. The van der Waals surface area contributed by atoms with Crippen LogP contribution in [0.4, 0.5) is 11.5 Å². The predicted molar refractivity (Wildman–Crippen MR) is 98.5 cm³/mol. The number of aryl methyl sites for hydroxylation is 2. The minimum absolute atomic E-state index is 0.206. The summed E-state index contributed by atoms with van der Waals surface area (Å²) in [6.07, 6.45) is 3.35. The molecule has 1 fully saturated rings.